The molecular weight excluding hydrogens is 202 g/mol. The molecule has 2 atom stereocenters. The standard InChI is InChI=1S/C13H21NO2/c1-10(15-3)9-14-11(2)12-5-7-13(16-4)8-6-12/h5-8,10-11,14H,9H2,1-4H3/t10?,11-/m1/s1. The van der Waals surface area contributed by atoms with Crippen LogP contribution in [0.2, 0.25) is 0 Å². The van der Waals surface area contributed by atoms with Crippen molar-refractivity contribution >= 4 is 0 Å². The highest BCUT2D eigenvalue weighted by molar-refractivity contribution is 5.28. The van der Waals surface area contributed by atoms with E-state index in [1.807, 2.05) is 19.1 Å². The fraction of sp³-hybridized carbons (Fsp3) is 0.538. The molecule has 3 heteroatoms. The van der Waals surface area contributed by atoms with Gasteiger partial charge in [-0.2, -0.15) is 0 Å². The van der Waals surface area contributed by atoms with Gasteiger partial charge in [0.1, 0.15) is 5.75 Å². The second-order valence-electron chi connectivity index (χ2n) is 3.95. The van der Waals surface area contributed by atoms with E-state index in [1.165, 1.54) is 5.56 Å². The van der Waals surface area contributed by atoms with Crippen LogP contribution < -0.4 is 10.1 Å². The summed E-state index contributed by atoms with van der Waals surface area (Å²) in [7, 11) is 3.40. The Morgan fingerprint density at radius 1 is 1.12 bits per heavy atom. The third-order valence-corrected chi connectivity index (χ3v) is 2.73. The second-order valence-corrected chi connectivity index (χ2v) is 3.95. The molecule has 0 aliphatic heterocycles. The molecule has 0 radical (unpaired) electrons. The summed E-state index contributed by atoms with van der Waals surface area (Å²) in [6.45, 7) is 5.04. The minimum Gasteiger partial charge on any atom is -0.497 e. The normalized spacial score (nSPS) is 14.5. The quantitative estimate of drug-likeness (QED) is 0.803. The molecule has 0 bridgehead atoms. The van der Waals surface area contributed by atoms with Gasteiger partial charge in [-0.05, 0) is 31.5 Å². The zero-order valence-electron chi connectivity index (χ0n) is 10.5. The van der Waals surface area contributed by atoms with E-state index in [4.69, 9.17) is 9.47 Å². The maximum atomic E-state index is 5.19. The summed E-state index contributed by atoms with van der Waals surface area (Å²) < 4.78 is 10.3. The molecular formula is C13H21NO2. The Labute approximate surface area is 97.8 Å². The predicted molar refractivity (Wildman–Crippen MR) is 65.9 cm³/mol. The van der Waals surface area contributed by atoms with Crippen molar-refractivity contribution in [2.75, 3.05) is 20.8 Å². The van der Waals surface area contributed by atoms with Crippen LogP contribution in [0.3, 0.4) is 0 Å². The molecule has 1 aromatic rings. The summed E-state index contributed by atoms with van der Waals surface area (Å²) in [6.07, 6.45) is 0.237. The lowest BCUT2D eigenvalue weighted by molar-refractivity contribution is 0.115. The van der Waals surface area contributed by atoms with Crippen molar-refractivity contribution in [3.63, 3.8) is 0 Å². The van der Waals surface area contributed by atoms with Crippen molar-refractivity contribution in [3.8, 4) is 5.75 Å². The van der Waals surface area contributed by atoms with Crippen molar-refractivity contribution < 1.29 is 9.47 Å². The molecule has 0 saturated carbocycles. The van der Waals surface area contributed by atoms with E-state index in [2.05, 4.69) is 24.4 Å². The molecule has 1 rings (SSSR count). The number of nitrogens with one attached hydrogen (secondary N) is 1. The van der Waals surface area contributed by atoms with Gasteiger partial charge >= 0.3 is 0 Å². The van der Waals surface area contributed by atoms with Crippen LogP contribution in [0, 0.1) is 0 Å². The molecule has 3 nitrogen and oxygen atoms in total. The van der Waals surface area contributed by atoms with E-state index in [9.17, 15) is 0 Å². The summed E-state index contributed by atoms with van der Waals surface area (Å²) in [5, 5.41) is 3.42. The maximum Gasteiger partial charge on any atom is 0.118 e. The van der Waals surface area contributed by atoms with Crippen LogP contribution in [0.5, 0.6) is 5.75 Å². The molecule has 0 amide bonds. The summed E-state index contributed by atoms with van der Waals surface area (Å²) in [6, 6.07) is 8.44. The number of ether oxygens (including phenoxy) is 2. The molecule has 0 spiro atoms. The molecule has 0 fully saturated rings. The van der Waals surface area contributed by atoms with Gasteiger partial charge in [0.25, 0.3) is 0 Å². The Hall–Kier alpha value is -1.06. The molecule has 1 aromatic carbocycles. The van der Waals surface area contributed by atoms with Crippen LogP contribution in [0.25, 0.3) is 0 Å². The van der Waals surface area contributed by atoms with Crippen LogP contribution in [-0.4, -0.2) is 26.9 Å². The highest BCUT2D eigenvalue weighted by Crippen LogP contribution is 2.17. The van der Waals surface area contributed by atoms with Crippen molar-refractivity contribution in [1.29, 1.82) is 0 Å². The fourth-order valence-corrected chi connectivity index (χ4v) is 1.44. The average Bonchev–Trinajstić information content (AvgIpc) is 2.35. The van der Waals surface area contributed by atoms with Gasteiger partial charge in [0.2, 0.25) is 0 Å². The van der Waals surface area contributed by atoms with Crippen molar-refractivity contribution in [1.82, 2.24) is 5.32 Å². The van der Waals surface area contributed by atoms with Gasteiger partial charge in [0.05, 0.1) is 13.2 Å². The fourth-order valence-electron chi connectivity index (χ4n) is 1.44. The lowest BCUT2D eigenvalue weighted by atomic mass is 10.1. The van der Waals surface area contributed by atoms with Crippen LogP contribution in [0.4, 0.5) is 0 Å². The van der Waals surface area contributed by atoms with Gasteiger partial charge in [-0.3, -0.25) is 0 Å². The first-order chi connectivity index (χ1) is 7.67. The van der Waals surface area contributed by atoms with E-state index in [0.717, 1.165) is 12.3 Å². The summed E-state index contributed by atoms with van der Waals surface area (Å²) in [4.78, 5) is 0. The molecule has 0 saturated heterocycles. The minimum atomic E-state index is 0.237. The van der Waals surface area contributed by atoms with Gasteiger partial charge in [-0.15, -0.1) is 0 Å². The number of methoxy groups -OCH3 is 2. The molecule has 16 heavy (non-hydrogen) atoms. The zero-order valence-corrected chi connectivity index (χ0v) is 10.5. The zero-order chi connectivity index (χ0) is 12.0. The second kappa shape index (κ2) is 6.51. The number of hydrogen-bond donors (Lipinski definition) is 1. The monoisotopic (exact) mass is 223 g/mol. The Morgan fingerprint density at radius 2 is 1.75 bits per heavy atom. The summed E-state index contributed by atoms with van der Waals surface area (Å²) in [5.41, 5.74) is 1.25. The Kier molecular flexibility index (Phi) is 5.29. The summed E-state index contributed by atoms with van der Waals surface area (Å²) in [5.74, 6) is 0.890. The van der Waals surface area contributed by atoms with Gasteiger partial charge in [0, 0.05) is 19.7 Å². The van der Waals surface area contributed by atoms with E-state index in [-0.39, 0.29) is 6.10 Å². The van der Waals surface area contributed by atoms with E-state index in [0.29, 0.717) is 6.04 Å². The van der Waals surface area contributed by atoms with Crippen molar-refractivity contribution in [3.05, 3.63) is 29.8 Å². The topological polar surface area (TPSA) is 30.5 Å². The highest BCUT2D eigenvalue weighted by Gasteiger charge is 2.06. The number of hydrogen-bond acceptors (Lipinski definition) is 3. The maximum absolute atomic E-state index is 5.19. The number of benzene rings is 1. The average molecular weight is 223 g/mol. The molecule has 1 N–H and O–H groups in total. The van der Waals surface area contributed by atoms with E-state index >= 15 is 0 Å². The Morgan fingerprint density at radius 3 is 2.25 bits per heavy atom. The smallest absolute Gasteiger partial charge is 0.118 e. The molecule has 1 unspecified atom stereocenters. The van der Waals surface area contributed by atoms with Crippen LogP contribution >= 0.6 is 0 Å². The Bertz CT molecular complexity index is 297. The van der Waals surface area contributed by atoms with Crippen LogP contribution in [0.15, 0.2) is 24.3 Å². The first kappa shape index (κ1) is 13.0. The third-order valence-electron chi connectivity index (χ3n) is 2.73. The Balaban J connectivity index is 2.49. The van der Waals surface area contributed by atoms with Gasteiger partial charge in [-0.25, -0.2) is 0 Å². The van der Waals surface area contributed by atoms with Gasteiger partial charge < -0.3 is 14.8 Å². The predicted octanol–water partition coefficient (Wildman–Crippen LogP) is 2.38. The molecule has 0 aromatic heterocycles. The van der Waals surface area contributed by atoms with E-state index in [1.54, 1.807) is 14.2 Å². The molecule has 0 aliphatic rings. The first-order valence-electron chi connectivity index (χ1n) is 5.57. The largest absolute Gasteiger partial charge is 0.497 e. The number of rotatable bonds is 6. The van der Waals surface area contributed by atoms with Gasteiger partial charge in [0.15, 0.2) is 0 Å². The third kappa shape index (κ3) is 3.83. The van der Waals surface area contributed by atoms with Crippen molar-refractivity contribution in [2.45, 2.75) is 26.0 Å². The molecule has 90 valence electrons. The van der Waals surface area contributed by atoms with Crippen molar-refractivity contribution in [2.24, 2.45) is 0 Å². The van der Waals surface area contributed by atoms with Crippen LogP contribution in [-0.2, 0) is 4.74 Å². The molecule has 0 heterocycles. The van der Waals surface area contributed by atoms with Crippen LogP contribution in [0.1, 0.15) is 25.5 Å². The first-order valence-corrected chi connectivity index (χ1v) is 5.57. The lowest BCUT2D eigenvalue weighted by Gasteiger charge is -2.17. The molecule has 0 aliphatic carbocycles. The lowest BCUT2D eigenvalue weighted by Crippen LogP contribution is -2.28. The summed E-state index contributed by atoms with van der Waals surface area (Å²) >= 11 is 0. The highest BCUT2D eigenvalue weighted by atomic mass is 16.5. The van der Waals surface area contributed by atoms with Gasteiger partial charge in [-0.1, -0.05) is 12.1 Å². The van der Waals surface area contributed by atoms with E-state index < -0.39 is 0 Å². The SMILES string of the molecule is COc1ccc([C@@H](C)NCC(C)OC)cc1. The minimum absolute atomic E-state index is 0.237.